The van der Waals surface area contributed by atoms with Gasteiger partial charge in [0.15, 0.2) is 16.2 Å². The van der Waals surface area contributed by atoms with Gasteiger partial charge in [-0.05, 0) is 25.6 Å². The van der Waals surface area contributed by atoms with Crippen LogP contribution in [0, 0.1) is 11.7 Å². The minimum absolute atomic E-state index is 0.622. The zero-order chi connectivity index (χ0) is 14.3. The van der Waals surface area contributed by atoms with Gasteiger partial charge in [0.05, 0.1) is 5.69 Å². The number of hydrogen-bond donors (Lipinski definition) is 1. The number of aromatic nitrogens is 6. The molecule has 0 unspecified atom stereocenters. The predicted molar refractivity (Wildman–Crippen MR) is 76.0 cm³/mol. The second-order valence-corrected chi connectivity index (χ2v) is 5.08. The topological polar surface area (TPSA) is 77.5 Å². The Kier molecular flexibility index (Phi) is 3.17. The molecule has 3 aromatic heterocycles. The Morgan fingerprint density at radius 1 is 1.40 bits per heavy atom. The van der Waals surface area contributed by atoms with Crippen molar-refractivity contribution < 1.29 is 4.52 Å². The van der Waals surface area contributed by atoms with Gasteiger partial charge in [-0.2, -0.15) is 10.1 Å². The van der Waals surface area contributed by atoms with Crippen molar-refractivity contribution in [2.75, 3.05) is 0 Å². The Labute approximate surface area is 120 Å². The van der Waals surface area contributed by atoms with E-state index in [1.807, 2.05) is 23.2 Å². The van der Waals surface area contributed by atoms with E-state index in [0.717, 1.165) is 23.3 Å². The molecule has 0 atom stereocenters. The van der Waals surface area contributed by atoms with Crippen molar-refractivity contribution in [2.45, 2.75) is 33.2 Å². The minimum Gasteiger partial charge on any atom is -0.339 e. The molecule has 106 valence electrons. The van der Waals surface area contributed by atoms with Crippen molar-refractivity contribution in [1.29, 1.82) is 0 Å². The largest absolute Gasteiger partial charge is 0.339 e. The zero-order valence-electron chi connectivity index (χ0n) is 11.7. The molecule has 0 aliphatic rings. The summed E-state index contributed by atoms with van der Waals surface area (Å²) in [6.07, 6.45) is 1.52. The lowest BCUT2D eigenvalue weighted by Gasteiger charge is -2.02. The number of nitrogens with zero attached hydrogens (tertiary/aromatic N) is 5. The molecule has 0 amide bonds. The number of imidazole rings is 1. The monoisotopic (exact) mass is 292 g/mol. The maximum Gasteiger partial charge on any atom is 0.228 e. The van der Waals surface area contributed by atoms with Crippen LogP contribution in [0.1, 0.15) is 24.3 Å². The first-order chi connectivity index (χ1) is 9.60. The summed E-state index contributed by atoms with van der Waals surface area (Å²) in [4.78, 5) is 7.44. The molecule has 0 radical (unpaired) electrons. The fourth-order valence-corrected chi connectivity index (χ4v) is 2.66. The summed E-state index contributed by atoms with van der Waals surface area (Å²) >= 11 is 5.39. The average Bonchev–Trinajstić information content (AvgIpc) is 3.04. The predicted octanol–water partition coefficient (Wildman–Crippen LogP) is 1.93. The second kappa shape index (κ2) is 4.86. The van der Waals surface area contributed by atoms with E-state index in [1.54, 1.807) is 0 Å². The number of aryl methyl sites for hydroxylation is 5. The molecule has 0 bridgehead atoms. The Hall–Kier alpha value is -1.96. The van der Waals surface area contributed by atoms with Gasteiger partial charge in [0.1, 0.15) is 5.52 Å². The Balaban J connectivity index is 1.96. The third kappa shape index (κ3) is 2.05. The van der Waals surface area contributed by atoms with E-state index in [0.29, 0.717) is 29.5 Å². The maximum absolute atomic E-state index is 5.39. The first-order valence-corrected chi connectivity index (χ1v) is 6.94. The summed E-state index contributed by atoms with van der Waals surface area (Å²) in [5.41, 5.74) is 3.05. The number of fused-ring (bicyclic) bond motifs is 1. The molecule has 3 heterocycles. The second-order valence-electron chi connectivity index (χ2n) is 4.69. The quantitative estimate of drug-likeness (QED) is 0.743. The van der Waals surface area contributed by atoms with Crippen LogP contribution in [0.25, 0.3) is 11.2 Å². The highest BCUT2D eigenvalue weighted by atomic mass is 32.1. The standard InChI is InChI=1S/C12H16N6OS/c1-4-8-10-11(17(3)15-8)18(12(20)14-10)6-5-9-13-7(2)16-19-9/h4-6H2,1-3H3,(H,14,20). The summed E-state index contributed by atoms with van der Waals surface area (Å²) in [5, 5.41) is 8.29. The number of hydrogen-bond acceptors (Lipinski definition) is 5. The summed E-state index contributed by atoms with van der Waals surface area (Å²) in [6.45, 7) is 4.57. The van der Waals surface area contributed by atoms with Gasteiger partial charge in [0, 0.05) is 20.0 Å². The SMILES string of the molecule is CCc1nn(C)c2c1[nH]c(=S)n2CCc1nc(C)no1. The summed E-state index contributed by atoms with van der Waals surface area (Å²) in [5.74, 6) is 1.27. The van der Waals surface area contributed by atoms with Crippen LogP contribution in [0.2, 0.25) is 0 Å². The fourth-order valence-electron chi connectivity index (χ4n) is 2.38. The number of H-pyrrole nitrogens is 1. The molecule has 0 aliphatic heterocycles. The highest BCUT2D eigenvalue weighted by Gasteiger charge is 2.14. The molecule has 20 heavy (non-hydrogen) atoms. The third-order valence-electron chi connectivity index (χ3n) is 3.28. The van der Waals surface area contributed by atoms with Gasteiger partial charge in [-0.3, -0.25) is 4.68 Å². The van der Waals surface area contributed by atoms with Crippen molar-refractivity contribution in [3.63, 3.8) is 0 Å². The average molecular weight is 292 g/mol. The van der Waals surface area contributed by atoms with Crippen LogP contribution in [0.4, 0.5) is 0 Å². The van der Waals surface area contributed by atoms with Gasteiger partial charge in [0.25, 0.3) is 0 Å². The molecule has 0 fully saturated rings. The van der Waals surface area contributed by atoms with Crippen LogP contribution in [0.15, 0.2) is 4.52 Å². The van der Waals surface area contributed by atoms with Crippen molar-refractivity contribution in [1.82, 2.24) is 29.5 Å². The first-order valence-electron chi connectivity index (χ1n) is 6.53. The molecule has 0 spiro atoms. The number of nitrogens with one attached hydrogen (secondary N) is 1. The highest BCUT2D eigenvalue weighted by molar-refractivity contribution is 7.71. The molecule has 8 heteroatoms. The van der Waals surface area contributed by atoms with E-state index >= 15 is 0 Å². The van der Waals surface area contributed by atoms with Crippen molar-refractivity contribution in [2.24, 2.45) is 7.05 Å². The normalized spacial score (nSPS) is 11.6. The highest BCUT2D eigenvalue weighted by Crippen LogP contribution is 2.18. The van der Waals surface area contributed by atoms with E-state index in [-0.39, 0.29) is 0 Å². The van der Waals surface area contributed by atoms with Gasteiger partial charge in [0.2, 0.25) is 5.89 Å². The van der Waals surface area contributed by atoms with E-state index in [2.05, 4.69) is 27.1 Å². The molecule has 0 aromatic carbocycles. The third-order valence-corrected chi connectivity index (χ3v) is 3.60. The fraction of sp³-hybridized carbons (Fsp3) is 0.500. The summed E-state index contributed by atoms with van der Waals surface area (Å²) < 4.78 is 9.71. The molecule has 7 nitrogen and oxygen atoms in total. The Bertz CT molecular complexity index is 808. The van der Waals surface area contributed by atoms with E-state index < -0.39 is 0 Å². The van der Waals surface area contributed by atoms with Crippen LogP contribution in [0.5, 0.6) is 0 Å². The van der Waals surface area contributed by atoms with Crippen molar-refractivity contribution in [3.8, 4) is 0 Å². The Morgan fingerprint density at radius 3 is 2.85 bits per heavy atom. The van der Waals surface area contributed by atoms with Crippen LogP contribution >= 0.6 is 12.2 Å². The molecule has 1 N–H and O–H groups in total. The van der Waals surface area contributed by atoms with Gasteiger partial charge in [-0.25, -0.2) is 0 Å². The van der Waals surface area contributed by atoms with Crippen molar-refractivity contribution in [3.05, 3.63) is 22.2 Å². The van der Waals surface area contributed by atoms with E-state index in [4.69, 9.17) is 16.7 Å². The smallest absolute Gasteiger partial charge is 0.228 e. The first kappa shape index (κ1) is 13.0. The lowest BCUT2D eigenvalue weighted by molar-refractivity contribution is 0.368. The molecular weight excluding hydrogens is 276 g/mol. The number of rotatable bonds is 4. The van der Waals surface area contributed by atoms with Crippen LogP contribution < -0.4 is 0 Å². The van der Waals surface area contributed by atoms with Crippen LogP contribution in [-0.2, 0) is 26.4 Å². The van der Waals surface area contributed by atoms with Gasteiger partial charge < -0.3 is 14.1 Å². The minimum atomic E-state index is 0.622. The lowest BCUT2D eigenvalue weighted by Crippen LogP contribution is -2.05. The summed E-state index contributed by atoms with van der Waals surface area (Å²) in [6, 6.07) is 0. The lowest BCUT2D eigenvalue weighted by atomic mass is 10.3. The van der Waals surface area contributed by atoms with Crippen molar-refractivity contribution >= 4 is 23.4 Å². The molecule has 3 rings (SSSR count). The molecule has 3 aromatic rings. The van der Waals surface area contributed by atoms with Crippen LogP contribution in [-0.4, -0.2) is 29.5 Å². The van der Waals surface area contributed by atoms with Gasteiger partial charge in [-0.15, -0.1) is 0 Å². The summed E-state index contributed by atoms with van der Waals surface area (Å²) in [7, 11) is 1.93. The maximum atomic E-state index is 5.39. The molecular formula is C12H16N6OS. The number of aromatic amines is 1. The molecule has 0 saturated carbocycles. The van der Waals surface area contributed by atoms with E-state index in [1.165, 1.54) is 0 Å². The Morgan fingerprint density at radius 2 is 2.20 bits per heavy atom. The van der Waals surface area contributed by atoms with E-state index in [9.17, 15) is 0 Å². The van der Waals surface area contributed by atoms with Gasteiger partial charge >= 0.3 is 0 Å². The van der Waals surface area contributed by atoms with Crippen LogP contribution in [0.3, 0.4) is 0 Å². The van der Waals surface area contributed by atoms with Gasteiger partial charge in [-0.1, -0.05) is 12.1 Å². The zero-order valence-corrected chi connectivity index (χ0v) is 12.5. The molecule has 0 aliphatic carbocycles. The molecule has 0 saturated heterocycles.